The molecule has 0 saturated carbocycles. The van der Waals surface area contributed by atoms with Gasteiger partial charge in [-0.1, -0.05) is 15.9 Å². The number of hydrogen-bond acceptors (Lipinski definition) is 3. The van der Waals surface area contributed by atoms with Crippen LogP contribution in [0.3, 0.4) is 0 Å². The van der Waals surface area contributed by atoms with Gasteiger partial charge in [0.15, 0.2) is 5.13 Å². The number of carbonyl (C=O) groups excluding carboxylic acids is 1. The SMILES string of the molecule is O=C(NCc1cc(Br)ccc1F)Nc1nccs1. The lowest BCUT2D eigenvalue weighted by atomic mass is 10.2. The molecule has 18 heavy (non-hydrogen) atoms. The van der Waals surface area contributed by atoms with Gasteiger partial charge in [-0.2, -0.15) is 0 Å². The Morgan fingerprint density at radius 1 is 1.50 bits per heavy atom. The summed E-state index contributed by atoms with van der Waals surface area (Å²) in [5.41, 5.74) is 0.415. The molecule has 0 saturated heterocycles. The van der Waals surface area contributed by atoms with Crippen molar-refractivity contribution in [3.63, 3.8) is 0 Å². The first kappa shape index (κ1) is 13.0. The largest absolute Gasteiger partial charge is 0.334 e. The summed E-state index contributed by atoms with van der Waals surface area (Å²) in [6.45, 7) is 0.114. The van der Waals surface area contributed by atoms with Gasteiger partial charge >= 0.3 is 6.03 Å². The highest BCUT2D eigenvalue weighted by atomic mass is 79.9. The minimum atomic E-state index is -0.413. The quantitative estimate of drug-likeness (QED) is 0.907. The van der Waals surface area contributed by atoms with E-state index in [0.717, 1.165) is 4.47 Å². The lowest BCUT2D eigenvalue weighted by molar-refractivity contribution is 0.251. The average molecular weight is 330 g/mol. The van der Waals surface area contributed by atoms with Gasteiger partial charge in [0.05, 0.1) is 0 Å². The van der Waals surface area contributed by atoms with Gasteiger partial charge in [0.2, 0.25) is 0 Å². The Bertz CT molecular complexity index is 547. The highest BCUT2D eigenvalue weighted by Crippen LogP contribution is 2.15. The van der Waals surface area contributed by atoms with Crippen molar-refractivity contribution in [3.05, 3.63) is 45.6 Å². The van der Waals surface area contributed by atoms with Crippen LogP contribution in [0.1, 0.15) is 5.56 Å². The van der Waals surface area contributed by atoms with Crippen LogP contribution in [0, 0.1) is 5.82 Å². The Balaban J connectivity index is 1.91. The molecule has 0 aliphatic heterocycles. The summed E-state index contributed by atoms with van der Waals surface area (Å²) in [6, 6.07) is 4.16. The number of urea groups is 1. The Morgan fingerprint density at radius 2 is 2.33 bits per heavy atom. The first-order valence-electron chi connectivity index (χ1n) is 5.03. The van der Waals surface area contributed by atoms with E-state index in [1.54, 1.807) is 23.7 Å². The number of halogens is 2. The van der Waals surface area contributed by atoms with Gasteiger partial charge < -0.3 is 5.32 Å². The third-order valence-corrected chi connectivity index (χ3v) is 3.28. The summed E-state index contributed by atoms with van der Waals surface area (Å²) in [4.78, 5) is 15.4. The van der Waals surface area contributed by atoms with Crippen molar-refractivity contribution in [1.29, 1.82) is 0 Å². The zero-order chi connectivity index (χ0) is 13.0. The van der Waals surface area contributed by atoms with E-state index in [1.807, 2.05) is 0 Å². The van der Waals surface area contributed by atoms with Crippen LogP contribution in [0.15, 0.2) is 34.2 Å². The van der Waals surface area contributed by atoms with E-state index < -0.39 is 6.03 Å². The second-order valence-corrected chi connectivity index (χ2v) is 5.19. The molecule has 0 bridgehead atoms. The van der Waals surface area contributed by atoms with E-state index in [1.165, 1.54) is 17.4 Å². The molecule has 0 aliphatic carbocycles. The van der Waals surface area contributed by atoms with Crippen LogP contribution >= 0.6 is 27.3 Å². The summed E-state index contributed by atoms with van der Waals surface area (Å²) < 4.78 is 14.2. The number of nitrogens with one attached hydrogen (secondary N) is 2. The Morgan fingerprint density at radius 3 is 3.06 bits per heavy atom. The van der Waals surface area contributed by atoms with Crippen LogP contribution in [-0.2, 0) is 6.54 Å². The van der Waals surface area contributed by atoms with Crippen molar-refractivity contribution in [2.45, 2.75) is 6.54 Å². The molecule has 1 aromatic carbocycles. The molecule has 0 spiro atoms. The highest BCUT2D eigenvalue weighted by molar-refractivity contribution is 9.10. The van der Waals surface area contributed by atoms with Crippen LogP contribution in [0.2, 0.25) is 0 Å². The highest BCUT2D eigenvalue weighted by Gasteiger charge is 2.06. The zero-order valence-corrected chi connectivity index (χ0v) is 11.5. The van der Waals surface area contributed by atoms with E-state index in [4.69, 9.17) is 0 Å². The fraction of sp³-hybridized carbons (Fsp3) is 0.0909. The normalized spacial score (nSPS) is 10.1. The number of aromatic nitrogens is 1. The molecule has 0 atom stereocenters. The topological polar surface area (TPSA) is 54.0 Å². The smallest absolute Gasteiger partial charge is 0.321 e. The lowest BCUT2D eigenvalue weighted by Gasteiger charge is -2.06. The maximum atomic E-state index is 13.4. The maximum Gasteiger partial charge on any atom is 0.321 e. The summed E-state index contributed by atoms with van der Waals surface area (Å²) in [5.74, 6) is -0.354. The fourth-order valence-electron chi connectivity index (χ4n) is 1.28. The van der Waals surface area contributed by atoms with Crippen molar-refractivity contribution in [1.82, 2.24) is 10.3 Å². The molecular formula is C11H9BrFN3OS. The van der Waals surface area contributed by atoms with Gasteiger partial charge in [0, 0.05) is 28.2 Å². The van der Waals surface area contributed by atoms with Crippen molar-refractivity contribution in [2.24, 2.45) is 0 Å². The number of nitrogens with zero attached hydrogens (tertiary/aromatic N) is 1. The van der Waals surface area contributed by atoms with Gasteiger partial charge in [0.25, 0.3) is 0 Å². The standard InChI is InChI=1S/C11H9BrFN3OS/c12-8-1-2-9(13)7(5-8)6-15-10(17)16-11-14-3-4-18-11/h1-5H,6H2,(H2,14,15,16,17). The van der Waals surface area contributed by atoms with E-state index in [-0.39, 0.29) is 12.4 Å². The second kappa shape index (κ2) is 5.92. The molecule has 2 aromatic rings. The van der Waals surface area contributed by atoms with Gasteiger partial charge in [-0.3, -0.25) is 5.32 Å². The number of anilines is 1. The van der Waals surface area contributed by atoms with Crippen LogP contribution in [-0.4, -0.2) is 11.0 Å². The first-order chi connectivity index (χ1) is 8.65. The van der Waals surface area contributed by atoms with Gasteiger partial charge in [0.1, 0.15) is 5.82 Å². The summed E-state index contributed by atoms with van der Waals surface area (Å²) >= 11 is 4.56. The Hall–Kier alpha value is -1.47. The molecular weight excluding hydrogens is 321 g/mol. The average Bonchev–Trinajstić information content (AvgIpc) is 2.83. The van der Waals surface area contributed by atoms with E-state index in [9.17, 15) is 9.18 Å². The summed E-state index contributed by atoms with van der Waals surface area (Å²) in [5, 5.41) is 7.37. The Kier molecular flexibility index (Phi) is 4.27. The molecule has 0 radical (unpaired) electrons. The second-order valence-electron chi connectivity index (χ2n) is 3.38. The van der Waals surface area contributed by atoms with E-state index in [2.05, 4.69) is 31.5 Å². The Labute approximate surface area is 115 Å². The van der Waals surface area contributed by atoms with Crippen LogP contribution in [0.4, 0.5) is 14.3 Å². The molecule has 0 aliphatic rings. The molecule has 0 unspecified atom stereocenters. The summed E-state index contributed by atoms with van der Waals surface area (Å²) in [6.07, 6.45) is 1.59. The number of benzene rings is 1. The van der Waals surface area contributed by atoms with E-state index in [0.29, 0.717) is 10.7 Å². The maximum absolute atomic E-state index is 13.4. The summed E-state index contributed by atoms with van der Waals surface area (Å²) in [7, 11) is 0. The third-order valence-electron chi connectivity index (χ3n) is 2.10. The van der Waals surface area contributed by atoms with Gasteiger partial charge in [-0.05, 0) is 18.2 Å². The number of thiazole rings is 1. The number of carbonyl (C=O) groups is 1. The minimum Gasteiger partial charge on any atom is -0.334 e. The molecule has 7 heteroatoms. The number of amides is 2. The number of hydrogen-bond donors (Lipinski definition) is 2. The van der Waals surface area contributed by atoms with Crippen molar-refractivity contribution < 1.29 is 9.18 Å². The van der Waals surface area contributed by atoms with Gasteiger partial charge in [-0.15, -0.1) is 11.3 Å². The fourth-order valence-corrected chi connectivity index (χ4v) is 2.21. The van der Waals surface area contributed by atoms with Gasteiger partial charge in [-0.25, -0.2) is 14.2 Å². The molecule has 2 amide bonds. The predicted molar refractivity (Wildman–Crippen MR) is 72.1 cm³/mol. The molecule has 2 N–H and O–H groups in total. The molecule has 94 valence electrons. The van der Waals surface area contributed by atoms with Crippen molar-refractivity contribution in [3.8, 4) is 0 Å². The molecule has 2 rings (SSSR count). The predicted octanol–water partition coefficient (Wildman–Crippen LogP) is 3.37. The first-order valence-corrected chi connectivity index (χ1v) is 6.70. The molecule has 1 aromatic heterocycles. The third kappa shape index (κ3) is 3.51. The zero-order valence-electron chi connectivity index (χ0n) is 9.11. The van der Waals surface area contributed by atoms with E-state index >= 15 is 0 Å². The lowest BCUT2D eigenvalue weighted by Crippen LogP contribution is -2.28. The minimum absolute atomic E-state index is 0.114. The molecule has 4 nitrogen and oxygen atoms in total. The van der Waals surface area contributed by atoms with Crippen LogP contribution in [0.5, 0.6) is 0 Å². The van der Waals surface area contributed by atoms with Crippen molar-refractivity contribution in [2.75, 3.05) is 5.32 Å². The molecule has 0 fully saturated rings. The monoisotopic (exact) mass is 329 g/mol. The molecule has 1 heterocycles. The number of rotatable bonds is 3. The van der Waals surface area contributed by atoms with Crippen LogP contribution in [0.25, 0.3) is 0 Å². The van der Waals surface area contributed by atoms with Crippen molar-refractivity contribution >= 4 is 38.4 Å². The van der Waals surface area contributed by atoms with Crippen LogP contribution < -0.4 is 10.6 Å².